The minimum atomic E-state index is -0.629. The van der Waals surface area contributed by atoms with Crippen LogP contribution in [0.1, 0.15) is 36.6 Å². The Bertz CT molecular complexity index is 1590. The Morgan fingerprint density at radius 1 is 1.16 bits per heavy atom. The minimum Gasteiger partial charge on any atom is -0.487 e. The molecule has 9 nitrogen and oxygen atoms in total. The van der Waals surface area contributed by atoms with Gasteiger partial charge in [-0.1, -0.05) is 57.9 Å². The highest BCUT2D eigenvalue weighted by molar-refractivity contribution is 14.1. The third-order valence-corrected chi connectivity index (χ3v) is 7.81. The Balaban J connectivity index is 1.43. The number of thiocarbonyl (C=S) groups is 1. The van der Waals surface area contributed by atoms with Gasteiger partial charge in [-0.25, -0.2) is 10.2 Å². The average Bonchev–Trinajstić information content (AvgIpc) is 2.96. The van der Waals surface area contributed by atoms with E-state index in [0.717, 1.165) is 13.6 Å². The van der Waals surface area contributed by atoms with Crippen LogP contribution in [0.2, 0.25) is 5.02 Å². The first-order valence-electron chi connectivity index (χ1n) is 13.0. The molecule has 0 unspecified atom stereocenters. The van der Waals surface area contributed by atoms with E-state index in [1.165, 1.54) is 6.21 Å². The quantitative estimate of drug-likeness (QED) is 0.0696. The van der Waals surface area contributed by atoms with Crippen molar-refractivity contribution in [3.05, 3.63) is 102 Å². The number of amides is 1. The van der Waals surface area contributed by atoms with Gasteiger partial charge in [-0.3, -0.25) is 4.79 Å². The highest BCUT2D eigenvalue weighted by Crippen LogP contribution is 2.34. The van der Waals surface area contributed by atoms with Gasteiger partial charge in [0.05, 0.1) is 28.0 Å². The number of para-hydroxylation sites is 1. The van der Waals surface area contributed by atoms with Gasteiger partial charge in [-0.05, 0) is 84.6 Å². The van der Waals surface area contributed by atoms with E-state index in [2.05, 4.69) is 59.7 Å². The lowest BCUT2D eigenvalue weighted by Gasteiger charge is -2.30. The Morgan fingerprint density at radius 2 is 1.91 bits per heavy atom. The van der Waals surface area contributed by atoms with Gasteiger partial charge >= 0.3 is 5.97 Å². The smallest absolute Gasteiger partial charge is 0.338 e. The number of hydrogen-bond acceptors (Lipinski definition) is 7. The number of esters is 1. The summed E-state index contributed by atoms with van der Waals surface area (Å²) >= 11 is 17.0. The molecule has 0 saturated heterocycles. The van der Waals surface area contributed by atoms with Crippen LogP contribution in [0.3, 0.4) is 0 Å². The van der Waals surface area contributed by atoms with E-state index in [1.807, 2.05) is 30.3 Å². The van der Waals surface area contributed by atoms with Crippen LogP contribution in [0.15, 0.2) is 81.5 Å². The summed E-state index contributed by atoms with van der Waals surface area (Å²) in [5.41, 5.74) is 5.69. The van der Waals surface area contributed by atoms with E-state index in [0.29, 0.717) is 50.6 Å². The van der Waals surface area contributed by atoms with Crippen molar-refractivity contribution in [3.63, 3.8) is 0 Å². The summed E-state index contributed by atoms with van der Waals surface area (Å²) in [6.45, 7) is 3.72. The monoisotopic (exact) mass is 796 g/mol. The minimum absolute atomic E-state index is 0.223. The topological polar surface area (TPSA) is 110 Å². The predicted molar refractivity (Wildman–Crippen MR) is 181 cm³/mol. The van der Waals surface area contributed by atoms with Crippen LogP contribution < -0.4 is 25.5 Å². The van der Waals surface area contributed by atoms with E-state index < -0.39 is 17.9 Å². The molecule has 1 atom stereocenters. The van der Waals surface area contributed by atoms with E-state index in [-0.39, 0.29) is 13.2 Å². The van der Waals surface area contributed by atoms with Crippen LogP contribution in [-0.2, 0) is 20.9 Å². The molecule has 1 amide bonds. The lowest BCUT2D eigenvalue weighted by atomic mass is 9.95. The first kappa shape index (κ1) is 32.7. The third kappa shape index (κ3) is 8.91. The summed E-state index contributed by atoms with van der Waals surface area (Å²) in [6, 6.07) is 17.6. The lowest BCUT2D eigenvalue weighted by molar-refractivity contribution is -0.139. The fourth-order valence-electron chi connectivity index (χ4n) is 4.17. The van der Waals surface area contributed by atoms with Gasteiger partial charge in [0.25, 0.3) is 5.91 Å². The molecule has 1 heterocycles. The van der Waals surface area contributed by atoms with Crippen molar-refractivity contribution < 1.29 is 23.8 Å². The van der Waals surface area contributed by atoms with E-state index >= 15 is 0 Å². The molecule has 13 heteroatoms. The van der Waals surface area contributed by atoms with Gasteiger partial charge in [0.2, 0.25) is 0 Å². The van der Waals surface area contributed by atoms with Crippen molar-refractivity contribution in [1.29, 1.82) is 0 Å². The molecule has 0 aliphatic carbocycles. The molecule has 0 bridgehead atoms. The summed E-state index contributed by atoms with van der Waals surface area (Å²) in [6.07, 6.45) is 1.51. The molecular formula is C30H27BrClIN4O5S. The Hall–Kier alpha value is -3.20. The standard InChI is InChI=1S/C30H27BrClIN4O5S/c1-3-40-29(39)26-17(2)35-30(43)36-27(26)22-6-4-5-7-24(22)41-16-25(38)37-34-14-19-12-20(31)13-23(33)28(19)42-15-18-8-10-21(32)11-9-18/h4-14,27H,3,15-16H2,1-2H3,(H,37,38)(H2,35,36,43)/t27-/m0/s1. The van der Waals surface area contributed by atoms with Crippen LogP contribution in [-0.4, -0.2) is 36.4 Å². The molecule has 43 heavy (non-hydrogen) atoms. The predicted octanol–water partition coefficient (Wildman–Crippen LogP) is 6.17. The molecule has 3 aromatic carbocycles. The number of benzene rings is 3. The number of rotatable bonds is 11. The van der Waals surface area contributed by atoms with Gasteiger partial charge in [-0.15, -0.1) is 0 Å². The summed E-state index contributed by atoms with van der Waals surface area (Å²) in [4.78, 5) is 25.4. The third-order valence-electron chi connectivity index (χ3n) is 6.08. The Kier molecular flexibility index (Phi) is 11.8. The molecule has 3 N–H and O–H groups in total. The molecule has 4 rings (SSSR count). The van der Waals surface area contributed by atoms with Crippen molar-refractivity contribution in [2.45, 2.75) is 26.5 Å². The maximum atomic E-state index is 12.8. The van der Waals surface area contributed by atoms with Crippen molar-refractivity contribution in [2.24, 2.45) is 5.10 Å². The number of allylic oxidation sites excluding steroid dienone is 1. The second-order valence-corrected chi connectivity index (χ2v) is 12.1. The van der Waals surface area contributed by atoms with Crippen LogP contribution >= 0.6 is 62.3 Å². The summed E-state index contributed by atoms with van der Waals surface area (Å²) in [5, 5.41) is 11.2. The highest BCUT2D eigenvalue weighted by Gasteiger charge is 2.32. The lowest BCUT2D eigenvalue weighted by Crippen LogP contribution is -2.45. The number of nitrogens with one attached hydrogen (secondary N) is 3. The highest BCUT2D eigenvalue weighted by atomic mass is 127. The van der Waals surface area contributed by atoms with Crippen molar-refractivity contribution in [2.75, 3.05) is 13.2 Å². The molecule has 0 radical (unpaired) electrons. The zero-order valence-corrected chi connectivity index (χ0v) is 28.4. The van der Waals surface area contributed by atoms with E-state index in [4.69, 9.17) is 38.0 Å². The number of hydrazone groups is 1. The summed E-state index contributed by atoms with van der Waals surface area (Å²) in [5.74, 6) is 0.0616. The molecule has 1 aliphatic rings. The largest absolute Gasteiger partial charge is 0.487 e. The zero-order valence-electron chi connectivity index (χ0n) is 23.1. The maximum Gasteiger partial charge on any atom is 0.338 e. The summed E-state index contributed by atoms with van der Waals surface area (Å²) in [7, 11) is 0. The van der Waals surface area contributed by atoms with Crippen LogP contribution in [0.5, 0.6) is 11.5 Å². The van der Waals surface area contributed by atoms with Crippen molar-refractivity contribution in [3.8, 4) is 11.5 Å². The maximum absolute atomic E-state index is 12.8. The average molecular weight is 798 g/mol. The van der Waals surface area contributed by atoms with Crippen LogP contribution in [0, 0.1) is 3.57 Å². The van der Waals surface area contributed by atoms with Gasteiger partial charge in [0.1, 0.15) is 18.1 Å². The van der Waals surface area contributed by atoms with Gasteiger partial charge in [-0.2, -0.15) is 5.10 Å². The fraction of sp³-hybridized carbons (Fsp3) is 0.200. The van der Waals surface area contributed by atoms with Crippen molar-refractivity contribution >= 4 is 85.5 Å². The first-order valence-corrected chi connectivity index (χ1v) is 15.7. The first-order chi connectivity index (χ1) is 20.7. The van der Waals surface area contributed by atoms with E-state index in [1.54, 1.807) is 44.2 Å². The second-order valence-electron chi connectivity index (χ2n) is 9.13. The number of carbonyl (C=O) groups excluding carboxylic acids is 2. The summed E-state index contributed by atoms with van der Waals surface area (Å²) < 4.78 is 18.9. The Labute approximate surface area is 281 Å². The molecular weight excluding hydrogens is 771 g/mol. The van der Waals surface area contributed by atoms with Gasteiger partial charge in [0.15, 0.2) is 11.7 Å². The number of ether oxygens (including phenoxy) is 3. The number of nitrogens with zero attached hydrogens (tertiary/aromatic N) is 1. The molecule has 0 fully saturated rings. The van der Waals surface area contributed by atoms with E-state index in [9.17, 15) is 9.59 Å². The van der Waals surface area contributed by atoms with Gasteiger partial charge < -0.3 is 24.8 Å². The molecule has 3 aromatic rings. The Morgan fingerprint density at radius 3 is 2.65 bits per heavy atom. The molecule has 0 aromatic heterocycles. The molecule has 0 saturated carbocycles. The van der Waals surface area contributed by atoms with Crippen LogP contribution in [0.4, 0.5) is 0 Å². The number of halogens is 3. The number of carbonyl (C=O) groups is 2. The SMILES string of the molecule is CCOC(=O)C1=C(C)NC(=S)N[C@H]1c1ccccc1OCC(=O)NN=Cc1cc(Br)cc(I)c1OCc1ccc(Cl)cc1. The second kappa shape index (κ2) is 15.5. The zero-order chi connectivity index (χ0) is 30.9. The molecule has 1 aliphatic heterocycles. The van der Waals surface area contributed by atoms with Crippen molar-refractivity contribution in [1.82, 2.24) is 16.1 Å². The normalized spacial score (nSPS) is 14.6. The number of hydrogen-bond donors (Lipinski definition) is 3. The molecule has 224 valence electrons. The fourth-order valence-corrected chi connectivity index (χ4v) is 6.27. The molecule has 0 spiro atoms. The van der Waals surface area contributed by atoms with Crippen LogP contribution in [0.25, 0.3) is 0 Å². The van der Waals surface area contributed by atoms with Gasteiger partial charge in [0, 0.05) is 26.3 Å².